The molecule has 2 nitrogen and oxygen atoms in total. The Morgan fingerprint density at radius 2 is 1.71 bits per heavy atom. The minimum Gasteiger partial charge on any atom is -0.478 e. The lowest BCUT2D eigenvalue weighted by Crippen LogP contribution is -2.06. The number of carbonyl (C=O) groups is 1. The standard InChI is InChI=1S/C14H8ClF3O2S/c15-9-3-6-12(11(7-9)14(16,17)18)21-10-4-1-8(2-5-10)13(19)20/h1-7H,(H,19,20). The molecule has 0 amide bonds. The van der Waals surface area contributed by atoms with Crippen molar-refractivity contribution in [2.45, 2.75) is 16.0 Å². The first-order chi connectivity index (χ1) is 9.77. The first kappa shape index (κ1) is 15.7. The van der Waals surface area contributed by atoms with Gasteiger partial charge in [-0.05, 0) is 42.5 Å². The highest BCUT2D eigenvalue weighted by molar-refractivity contribution is 7.99. The monoisotopic (exact) mass is 332 g/mol. The highest BCUT2D eigenvalue weighted by Crippen LogP contribution is 2.40. The van der Waals surface area contributed by atoms with Gasteiger partial charge in [-0.25, -0.2) is 4.79 Å². The van der Waals surface area contributed by atoms with Crippen LogP contribution in [0.5, 0.6) is 0 Å². The van der Waals surface area contributed by atoms with Crippen LogP contribution < -0.4 is 0 Å². The van der Waals surface area contributed by atoms with Gasteiger partial charge in [-0.15, -0.1) is 0 Å². The highest BCUT2D eigenvalue weighted by Gasteiger charge is 2.33. The summed E-state index contributed by atoms with van der Waals surface area (Å²) in [6.07, 6.45) is -4.51. The van der Waals surface area contributed by atoms with E-state index >= 15 is 0 Å². The molecule has 1 N–H and O–H groups in total. The van der Waals surface area contributed by atoms with E-state index in [4.69, 9.17) is 16.7 Å². The molecule has 0 fully saturated rings. The van der Waals surface area contributed by atoms with Crippen LogP contribution in [-0.2, 0) is 6.18 Å². The van der Waals surface area contributed by atoms with E-state index in [2.05, 4.69) is 0 Å². The van der Waals surface area contributed by atoms with E-state index in [1.165, 1.54) is 36.4 Å². The maximum absolute atomic E-state index is 13.0. The van der Waals surface area contributed by atoms with Crippen LogP contribution in [0.3, 0.4) is 0 Å². The molecule has 2 aromatic carbocycles. The number of hydrogen-bond acceptors (Lipinski definition) is 2. The highest BCUT2D eigenvalue weighted by atomic mass is 35.5. The molecule has 21 heavy (non-hydrogen) atoms. The van der Waals surface area contributed by atoms with Crippen LogP contribution in [0.15, 0.2) is 52.3 Å². The second kappa shape index (κ2) is 5.99. The topological polar surface area (TPSA) is 37.3 Å². The van der Waals surface area contributed by atoms with E-state index < -0.39 is 17.7 Å². The molecule has 2 rings (SSSR count). The summed E-state index contributed by atoms with van der Waals surface area (Å²) in [6.45, 7) is 0. The Morgan fingerprint density at radius 1 is 1.10 bits per heavy atom. The fourth-order valence-corrected chi connectivity index (χ4v) is 2.72. The second-order valence-corrected chi connectivity index (χ2v) is 5.62. The van der Waals surface area contributed by atoms with Gasteiger partial charge in [0.05, 0.1) is 11.1 Å². The zero-order valence-electron chi connectivity index (χ0n) is 10.3. The Morgan fingerprint density at radius 3 is 2.24 bits per heavy atom. The van der Waals surface area contributed by atoms with Crippen molar-refractivity contribution in [1.29, 1.82) is 0 Å². The quantitative estimate of drug-likeness (QED) is 0.838. The number of hydrogen-bond donors (Lipinski definition) is 1. The molecule has 0 bridgehead atoms. The summed E-state index contributed by atoms with van der Waals surface area (Å²) in [5.74, 6) is -1.09. The van der Waals surface area contributed by atoms with Crippen LogP contribution in [0, 0.1) is 0 Å². The van der Waals surface area contributed by atoms with Gasteiger partial charge in [0, 0.05) is 14.8 Å². The molecular formula is C14H8ClF3O2S. The summed E-state index contributed by atoms with van der Waals surface area (Å²) < 4.78 is 38.9. The van der Waals surface area contributed by atoms with Gasteiger partial charge in [0.15, 0.2) is 0 Å². The van der Waals surface area contributed by atoms with E-state index in [1.807, 2.05) is 0 Å². The molecule has 7 heteroatoms. The van der Waals surface area contributed by atoms with Crippen molar-refractivity contribution in [3.63, 3.8) is 0 Å². The van der Waals surface area contributed by atoms with E-state index in [9.17, 15) is 18.0 Å². The maximum Gasteiger partial charge on any atom is 0.417 e. The molecule has 0 aliphatic carbocycles. The Hall–Kier alpha value is -1.66. The number of aromatic carboxylic acids is 1. The lowest BCUT2D eigenvalue weighted by molar-refractivity contribution is -0.139. The number of carboxylic acids is 1. The smallest absolute Gasteiger partial charge is 0.417 e. The van der Waals surface area contributed by atoms with E-state index in [1.54, 1.807) is 0 Å². The molecule has 0 atom stereocenters. The van der Waals surface area contributed by atoms with Crippen LogP contribution in [0.1, 0.15) is 15.9 Å². The summed E-state index contributed by atoms with van der Waals surface area (Å²) in [5, 5.41) is 8.78. The number of rotatable bonds is 3. The second-order valence-electron chi connectivity index (χ2n) is 4.07. The predicted octanol–water partition coefficient (Wildman–Crippen LogP) is 5.21. The third-order valence-electron chi connectivity index (χ3n) is 2.58. The number of halogens is 4. The maximum atomic E-state index is 13.0. The Kier molecular flexibility index (Phi) is 4.49. The number of alkyl halides is 3. The normalized spacial score (nSPS) is 11.4. The van der Waals surface area contributed by atoms with Crippen LogP contribution in [0.25, 0.3) is 0 Å². The minimum absolute atomic E-state index is 0.00731. The summed E-state index contributed by atoms with van der Waals surface area (Å²) in [7, 11) is 0. The van der Waals surface area contributed by atoms with Gasteiger partial charge in [0.25, 0.3) is 0 Å². The van der Waals surface area contributed by atoms with E-state index in [0.29, 0.717) is 4.90 Å². The van der Waals surface area contributed by atoms with Crippen LogP contribution in [0.4, 0.5) is 13.2 Å². The summed E-state index contributed by atoms with van der Waals surface area (Å²) in [4.78, 5) is 11.2. The molecule has 0 saturated heterocycles. The van der Waals surface area contributed by atoms with Gasteiger partial charge in [-0.3, -0.25) is 0 Å². The molecule has 0 radical (unpaired) electrons. The van der Waals surface area contributed by atoms with E-state index in [0.717, 1.165) is 17.8 Å². The van der Waals surface area contributed by atoms with Crippen LogP contribution >= 0.6 is 23.4 Å². The van der Waals surface area contributed by atoms with Gasteiger partial charge >= 0.3 is 12.1 Å². The largest absolute Gasteiger partial charge is 0.478 e. The number of carboxylic acid groups (broad SMARTS) is 1. The Bertz CT molecular complexity index is 669. The van der Waals surface area contributed by atoms with Crippen molar-refractivity contribution in [3.8, 4) is 0 Å². The molecular weight excluding hydrogens is 325 g/mol. The van der Waals surface area contributed by atoms with Crippen molar-refractivity contribution in [1.82, 2.24) is 0 Å². The van der Waals surface area contributed by atoms with Crippen LogP contribution in [0.2, 0.25) is 5.02 Å². The first-order valence-corrected chi connectivity index (χ1v) is 6.85. The van der Waals surface area contributed by atoms with Gasteiger partial charge in [-0.1, -0.05) is 23.4 Å². The van der Waals surface area contributed by atoms with Gasteiger partial charge in [0.2, 0.25) is 0 Å². The van der Waals surface area contributed by atoms with E-state index in [-0.39, 0.29) is 15.5 Å². The third kappa shape index (κ3) is 3.92. The van der Waals surface area contributed by atoms with Gasteiger partial charge in [-0.2, -0.15) is 13.2 Å². The molecule has 0 saturated carbocycles. The Labute approximate surface area is 127 Å². The van der Waals surface area contributed by atoms with Crippen molar-refractivity contribution >= 4 is 29.3 Å². The predicted molar refractivity (Wildman–Crippen MR) is 74.0 cm³/mol. The summed E-state index contributed by atoms with van der Waals surface area (Å²) >= 11 is 6.51. The van der Waals surface area contributed by atoms with Crippen molar-refractivity contribution in [3.05, 3.63) is 58.6 Å². The Balaban J connectivity index is 2.33. The van der Waals surface area contributed by atoms with Crippen molar-refractivity contribution < 1.29 is 23.1 Å². The van der Waals surface area contributed by atoms with Crippen molar-refractivity contribution in [2.24, 2.45) is 0 Å². The minimum atomic E-state index is -4.51. The third-order valence-corrected chi connectivity index (χ3v) is 3.89. The summed E-state index contributed by atoms with van der Waals surface area (Å²) in [6, 6.07) is 9.15. The summed E-state index contributed by atoms with van der Waals surface area (Å²) in [5.41, 5.74) is -0.742. The molecule has 0 aromatic heterocycles. The van der Waals surface area contributed by atoms with Gasteiger partial charge in [0.1, 0.15) is 0 Å². The first-order valence-electron chi connectivity index (χ1n) is 5.65. The zero-order valence-corrected chi connectivity index (χ0v) is 11.9. The molecule has 0 unspecified atom stereocenters. The lowest BCUT2D eigenvalue weighted by atomic mass is 10.2. The molecule has 0 aliphatic rings. The molecule has 0 aliphatic heterocycles. The zero-order chi connectivity index (χ0) is 15.6. The lowest BCUT2D eigenvalue weighted by Gasteiger charge is -2.12. The fourth-order valence-electron chi connectivity index (χ4n) is 1.61. The fraction of sp³-hybridized carbons (Fsp3) is 0.0714. The van der Waals surface area contributed by atoms with Crippen LogP contribution in [-0.4, -0.2) is 11.1 Å². The molecule has 0 spiro atoms. The number of benzene rings is 2. The van der Waals surface area contributed by atoms with Crippen molar-refractivity contribution in [2.75, 3.05) is 0 Å². The van der Waals surface area contributed by atoms with Gasteiger partial charge < -0.3 is 5.11 Å². The average molecular weight is 333 g/mol. The average Bonchev–Trinajstić information content (AvgIpc) is 2.40. The molecule has 0 heterocycles. The molecule has 110 valence electrons. The molecule has 2 aromatic rings. The SMILES string of the molecule is O=C(O)c1ccc(Sc2ccc(Cl)cc2C(F)(F)F)cc1.